The topological polar surface area (TPSA) is 69.4 Å². The second-order valence-corrected chi connectivity index (χ2v) is 4.88. The molecule has 0 radical (unpaired) electrons. The van der Waals surface area contributed by atoms with Crippen LogP contribution in [-0.4, -0.2) is 14.5 Å². The van der Waals surface area contributed by atoms with Crippen molar-refractivity contribution in [2.75, 3.05) is 0 Å². The van der Waals surface area contributed by atoms with Crippen LogP contribution in [0.3, 0.4) is 0 Å². The molecule has 2 atom stereocenters. The lowest BCUT2D eigenvalue weighted by Gasteiger charge is -2.18. The van der Waals surface area contributed by atoms with Crippen LogP contribution in [0, 0.1) is 5.92 Å². The molecule has 2 unspecified atom stereocenters. The van der Waals surface area contributed by atoms with Crippen LogP contribution in [0.15, 0.2) is 0 Å². The predicted octanol–water partition coefficient (Wildman–Crippen LogP) is 1.81. The van der Waals surface area contributed by atoms with Crippen molar-refractivity contribution < 1.29 is 12.6 Å². The van der Waals surface area contributed by atoms with Gasteiger partial charge in [0, 0.05) is 0 Å². The van der Waals surface area contributed by atoms with E-state index in [4.69, 9.17) is 5.14 Å². The second-order valence-electron chi connectivity index (χ2n) is 3.70. The average Bonchev–Trinajstić information content (AvgIpc) is 2.00. The maximum atomic E-state index is 10.6. The van der Waals surface area contributed by atoms with Gasteiger partial charge in [-0.2, -0.15) is 8.42 Å². The van der Waals surface area contributed by atoms with Crippen LogP contribution < -0.4 is 5.14 Å². The van der Waals surface area contributed by atoms with E-state index in [1.807, 2.05) is 0 Å². The number of rotatable bonds is 7. The molecule has 5 heteroatoms. The van der Waals surface area contributed by atoms with Crippen LogP contribution in [-0.2, 0) is 14.5 Å². The molecule has 2 N–H and O–H groups in total. The van der Waals surface area contributed by atoms with E-state index in [9.17, 15) is 8.42 Å². The van der Waals surface area contributed by atoms with Gasteiger partial charge in [0.15, 0.2) is 0 Å². The van der Waals surface area contributed by atoms with Gasteiger partial charge < -0.3 is 0 Å². The molecule has 0 aliphatic carbocycles. The Morgan fingerprint density at radius 2 is 1.93 bits per heavy atom. The SMILES string of the molecule is CCCC(CC)CC(C)OS(N)(=O)=O. The third kappa shape index (κ3) is 7.29. The lowest BCUT2D eigenvalue weighted by atomic mass is 9.95. The van der Waals surface area contributed by atoms with E-state index >= 15 is 0 Å². The van der Waals surface area contributed by atoms with Crippen molar-refractivity contribution in [3.63, 3.8) is 0 Å². The Kier molecular flexibility index (Phi) is 6.31. The number of hydrogen-bond acceptors (Lipinski definition) is 3. The zero-order valence-corrected chi connectivity index (χ0v) is 10.0. The molecule has 0 bridgehead atoms. The first-order valence-corrected chi connectivity index (χ1v) is 6.57. The molecule has 0 aliphatic heterocycles. The highest BCUT2D eigenvalue weighted by molar-refractivity contribution is 7.84. The summed E-state index contributed by atoms with van der Waals surface area (Å²) in [7, 11) is -3.79. The van der Waals surface area contributed by atoms with Crippen LogP contribution in [0.25, 0.3) is 0 Å². The summed E-state index contributed by atoms with van der Waals surface area (Å²) in [6.45, 7) is 5.96. The largest absolute Gasteiger partial charge is 0.333 e. The van der Waals surface area contributed by atoms with Crippen LogP contribution in [0.4, 0.5) is 0 Å². The highest BCUT2D eigenvalue weighted by Gasteiger charge is 2.15. The minimum Gasteiger partial charge on any atom is -0.255 e. The van der Waals surface area contributed by atoms with Crippen LogP contribution in [0.2, 0.25) is 0 Å². The first-order valence-electron chi connectivity index (χ1n) is 5.10. The standard InChI is InChI=1S/C9H21NO3S/c1-4-6-9(5-2)7-8(3)13-14(10,11)12/h8-9H,4-7H2,1-3H3,(H2,10,11,12). The zero-order chi connectivity index (χ0) is 11.2. The van der Waals surface area contributed by atoms with Crippen molar-refractivity contribution in [3.8, 4) is 0 Å². The summed E-state index contributed by atoms with van der Waals surface area (Å²) >= 11 is 0. The van der Waals surface area contributed by atoms with Gasteiger partial charge in [0.05, 0.1) is 6.10 Å². The molecule has 0 aromatic rings. The Balaban J connectivity index is 3.96. The van der Waals surface area contributed by atoms with Gasteiger partial charge in [0.2, 0.25) is 0 Å². The van der Waals surface area contributed by atoms with Gasteiger partial charge in [-0.15, -0.1) is 0 Å². The molecule has 0 heterocycles. The molecule has 0 saturated heterocycles. The number of hydrogen-bond donors (Lipinski definition) is 1. The smallest absolute Gasteiger partial charge is 0.255 e. The summed E-state index contributed by atoms with van der Waals surface area (Å²) in [5.41, 5.74) is 0. The van der Waals surface area contributed by atoms with Gasteiger partial charge >= 0.3 is 10.3 Å². The summed E-state index contributed by atoms with van der Waals surface area (Å²) in [6.07, 6.45) is 3.70. The fourth-order valence-electron chi connectivity index (χ4n) is 1.63. The average molecular weight is 223 g/mol. The van der Waals surface area contributed by atoms with Crippen LogP contribution >= 0.6 is 0 Å². The molecule has 0 amide bonds. The molecular weight excluding hydrogens is 202 g/mol. The summed E-state index contributed by atoms with van der Waals surface area (Å²) < 4.78 is 25.9. The Labute approximate surface area is 87.1 Å². The first kappa shape index (κ1) is 13.9. The highest BCUT2D eigenvalue weighted by Crippen LogP contribution is 2.19. The van der Waals surface area contributed by atoms with Crippen molar-refractivity contribution in [1.82, 2.24) is 0 Å². The van der Waals surface area contributed by atoms with E-state index in [0.29, 0.717) is 5.92 Å². The lowest BCUT2D eigenvalue weighted by molar-refractivity contribution is 0.186. The van der Waals surface area contributed by atoms with Gasteiger partial charge in [0.25, 0.3) is 0 Å². The third-order valence-corrected chi connectivity index (χ3v) is 2.83. The molecular formula is C9H21NO3S. The van der Waals surface area contributed by atoms with E-state index in [1.54, 1.807) is 6.92 Å². The molecule has 0 aliphatic rings. The maximum absolute atomic E-state index is 10.6. The van der Waals surface area contributed by atoms with Gasteiger partial charge in [-0.1, -0.05) is 33.1 Å². The van der Waals surface area contributed by atoms with Crippen LogP contribution in [0.1, 0.15) is 46.5 Å². The van der Waals surface area contributed by atoms with E-state index in [-0.39, 0.29) is 6.10 Å². The van der Waals surface area contributed by atoms with E-state index in [2.05, 4.69) is 18.0 Å². The Morgan fingerprint density at radius 3 is 2.29 bits per heavy atom. The predicted molar refractivity (Wildman–Crippen MR) is 57.0 cm³/mol. The van der Waals surface area contributed by atoms with Crippen LogP contribution in [0.5, 0.6) is 0 Å². The minimum absolute atomic E-state index is 0.318. The van der Waals surface area contributed by atoms with Crippen molar-refractivity contribution in [1.29, 1.82) is 0 Å². The quantitative estimate of drug-likeness (QED) is 0.715. The Morgan fingerprint density at radius 1 is 1.36 bits per heavy atom. The van der Waals surface area contributed by atoms with Gasteiger partial charge in [-0.05, 0) is 19.3 Å². The fourth-order valence-corrected chi connectivity index (χ4v) is 2.17. The summed E-state index contributed by atoms with van der Waals surface area (Å²) in [4.78, 5) is 0. The van der Waals surface area contributed by atoms with E-state index < -0.39 is 10.3 Å². The fraction of sp³-hybridized carbons (Fsp3) is 1.00. The summed E-state index contributed by atoms with van der Waals surface area (Å²) in [5.74, 6) is 0.525. The monoisotopic (exact) mass is 223 g/mol. The maximum Gasteiger partial charge on any atom is 0.333 e. The van der Waals surface area contributed by atoms with E-state index in [0.717, 1.165) is 25.7 Å². The molecule has 4 nitrogen and oxygen atoms in total. The minimum atomic E-state index is -3.79. The van der Waals surface area contributed by atoms with Crippen molar-refractivity contribution >= 4 is 10.3 Å². The Bertz CT molecular complexity index is 238. The van der Waals surface area contributed by atoms with Crippen molar-refractivity contribution in [2.24, 2.45) is 11.1 Å². The molecule has 0 aromatic carbocycles. The molecule has 14 heavy (non-hydrogen) atoms. The first-order chi connectivity index (χ1) is 6.39. The third-order valence-electron chi connectivity index (χ3n) is 2.24. The molecule has 0 fully saturated rings. The van der Waals surface area contributed by atoms with E-state index in [1.165, 1.54) is 0 Å². The molecule has 0 saturated carbocycles. The second kappa shape index (κ2) is 6.37. The molecule has 0 rings (SSSR count). The summed E-state index contributed by atoms with van der Waals surface area (Å²) in [6, 6.07) is 0. The van der Waals surface area contributed by atoms with Gasteiger partial charge in [-0.25, -0.2) is 5.14 Å². The molecule has 0 aromatic heterocycles. The van der Waals surface area contributed by atoms with Gasteiger partial charge in [0.1, 0.15) is 0 Å². The lowest BCUT2D eigenvalue weighted by Crippen LogP contribution is -2.23. The number of nitrogens with two attached hydrogens (primary N) is 1. The molecule has 86 valence electrons. The normalized spacial score (nSPS) is 16.6. The molecule has 0 spiro atoms. The highest BCUT2D eigenvalue weighted by atomic mass is 32.2. The van der Waals surface area contributed by atoms with Crippen molar-refractivity contribution in [3.05, 3.63) is 0 Å². The zero-order valence-electron chi connectivity index (χ0n) is 9.19. The van der Waals surface area contributed by atoms with Gasteiger partial charge in [-0.3, -0.25) is 4.18 Å². The summed E-state index contributed by atoms with van der Waals surface area (Å²) in [5, 5.41) is 4.78. The Hall–Kier alpha value is -0.130. The van der Waals surface area contributed by atoms with Crippen molar-refractivity contribution in [2.45, 2.75) is 52.6 Å².